The zero-order valence-electron chi connectivity index (χ0n) is 20.0. The fraction of sp³-hybridized carbons (Fsp3) is 0.333. The van der Waals surface area contributed by atoms with Crippen molar-refractivity contribution in [1.29, 1.82) is 0 Å². The molecule has 0 spiro atoms. The maximum Gasteiger partial charge on any atom is 0.416 e. The van der Waals surface area contributed by atoms with Crippen LogP contribution in [0.3, 0.4) is 0 Å². The molecule has 1 fully saturated rings. The predicted molar refractivity (Wildman–Crippen MR) is 129 cm³/mol. The van der Waals surface area contributed by atoms with E-state index in [4.69, 9.17) is 11.6 Å². The second-order valence-corrected chi connectivity index (χ2v) is 9.49. The molecule has 0 saturated heterocycles. The van der Waals surface area contributed by atoms with Gasteiger partial charge in [0.2, 0.25) is 0 Å². The van der Waals surface area contributed by atoms with Crippen molar-refractivity contribution in [2.75, 3.05) is 0 Å². The number of aliphatic hydroxyl groups is 1. The monoisotopic (exact) mass is 565 g/mol. The maximum atomic E-state index is 13.3. The number of aromatic nitrogens is 7. The number of halogens is 5. The van der Waals surface area contributed by atoms with Gasteiger partial charge in [-0.2, -0.15) is 13.2 Å². The van der Waals surface area contributed by atoms with Crippen LogP contribution in [0.1, 0.15) is 29.0 Å². The highest BCUT2D eigenvalue weighted by Gasteiger charge is 2.40. The number of carbonyl (C=O) groups excluding carboxylic acids is 1. The Kier molecular flexibility index (Phi) is 7.07. The summed E-state index contributed by atoms with van der Waals surface area (Å²) in [5.74, 6) is -0.528. The summed E-state index contributed by atoms with van der Waals surface area (Å²) < 4.78 is 55.3. The summed E-state index contributed by atoms with van der Waals surface area (Å²) in [6, 6.07) is 9.02. The molecule has 3 atom stereocenters. The van der Waals surface area contributed by atoms with Crippen LogP contribution in [0.4, 0.5) is 17.6 Å². The number of benzene rings is 1. The van der Waals surface area contributed by atoms with E-state index in [1.807, 2.05) is 0 Å². The van der Waals surface area contributed by atoms with Gasteiger partial charge < -0.3 is 5.11 Å². The number of rotatable bonds is 9. The van der Waals surface area contributed by atoms with Gasteiger partial charge in [0.25, 0.3) is 0 Å². The molecule has 39 heavy (non-hydrogen) atoms. The van der Waals surface area contributed by atoms with E-state index in [9.17, 15) is 32.3 Å². The smallest absolute Gasteiger partial charge is 0.382 e. The molecule has 1 aliphatic carbocycles. The summed E-state index contributed by atoms with van der Waals surface area (Å²) in [5.41, 5.74) is -0.412. The molecule has 4 aromatic rings. The molecule has 15 heteroatoms. The normalized spacial score (nSPS) is 17.8. The number of pyridine rings is 1. The third kappa shape index (κ3) is 5.76. The molecule has 0 unspecified atom stereocenters. The quantitative estimate of drug-likeness (QED) is 0.244. The van der Waals surface area contributed by atoms with Gasteiger partial charge in [0.05, 0.1) is 12.1 Å². The first-order chi connectivity index (χ1) is 18.5. The first-order valence-electron chi connectivity index (χ1n) is 11.7. The average Bonchev–Trinajstić information content (AvgIpc) is 3.26. The van der Waals surface area contributed by atoms with Crippen molar-refractivity contribution in [2.45, 2.75) is 44.4 Å². The molecular formula is C24H20ClF4N7O3. The second kappa shape index (κ2) is 10.3. The van der Waals surface area contributed by atoms with E-state index in [-0.39, 0.29) is 47.7 Å². The van der Waals surface area contributed by atoms with Crippen molar-refractivity contribution < 1.29 is 27.5 Å². The maximum absolute atomic E-state index is 13.3. The summed E-state index contributed by atoms with van der Waals surface area (Å²) in [6.45, 7) is -1.41. The Morgan fingerprint density at radius 3 is 2.54 bits per heavy atom. The van der Waals surface area contributed by atoms with Crippen LogP contribution in [0, 0.1) is 5.92 Å². The zero-order chi connectivity index (χ0) is 27.9. The van der Waals surface area contributed by atoms with Gasteiger partial charge in [0, 0.05) is 29.1 Å². The van der Waals surface area contributed by atoms with E-state index >= 15 is 0 Å². The van der Waals surface area contributed by atoms with Gasteiger partial charge in [-0.25, -0.2) is 28.5 Å². The molecule has 0 bridgehead atoms. The summed E-state index contributed by atoms with van der Waals surface area (Å²) in [6.07, 6.45) is -5.67. The fourth-order valence-corrected chi connectivity index (χ4v) is 4.10. The standard InChI is InChI=1S/C24H20ClF4N7O3/c25-15-5-3-13(4-6-15)21-33-35(23(39)34(21)10-19(38)24(27,28)29)11-20-31-12-36(32-20)22-16(2-1-7-30-22)18(37)9-14-8-17(14)26/h1-7,12,14,17,19,38H,8-11H2/t14-,17+,19-/m0/s1. The predicted octanol–water partition coefficient (Wildman–Crippen LogP) is 3.24. The topological polar surface area (TPSA) is 121 Å². The molecule has 3 aromatic heterocycles. The van der Waals surface area contributed by atoms with Crippen molar-refractivity contribution in [3.8, 4) is 17.2 Å². The van der Waals surface area contributed by atoms with Crippen molar-refractivity contribution in [2.24, 2.45) is 5.92 Å². The van der Waals surface area contributed by atoms with E-state index in [0.717, 1.165) is 4.68 Å². The van der Waals surface area contributed by atoms with E-state index in [1.165, 1.54) is 47.5 Å². The third-order valence-electron chi connectivity index (χ3n) is 6.18. The number of alkyl halides is 4. The first kappa shape index (κ1) is 26.7. The van der Waals surface area contributed by atoms with Crippen LogP contribution in [-0.2, 0) is 13.1 Å². The minimum atomic E-state index is -4.96. The Morgan fingerprint density at radius 1 is 1.15 bits per heavy atom. The molecule has 10 nitrogen and oxygen atoms in total. The Bertz CT molecular complexity index is 1560. The Balaban J connectivity index is 1.44. The lowest BCUT2D eigenvalue weighted by Crippen LogP contribution is -2.37. The number of Topliss-reactive ketones (excluding diaryl/α,β-unsaturated/α-hetero) is 1. The summed E-state index contributed by atoms with van der Waals surface area (Å²) in [4.78, 5) is 34.1. The highest BCUT2D eigenvalue weighted by molar-refractivity contribution is 6.30. The molecule has 1 aliphatic rings. The molecule has 1 N–H and O–H groups in total. The van der Waals surface area contributed by atoms with Crippen LogP contribution in [0.15, 0.2) is 53.7 Å². The van der Waals surface area contributed by atoms with E-state index in [0.29, 0.717) is 21.6 Å². The molecule has 1 saturated carbocycles. The average molecular weight is 566 g/mol. The highest BCUT2D eigenvalue weighted by atomic mass is 35.5. The van der Waals surface area contributed by atoms with Crippen molar-refractivity contribution in [3.05, 3.63) is 75.8 Å². The van der Waals surface area contributed by atoms with Gasteiger partial charge in [-0.1, -0.05) is 11.6 Å². The van der Waals surface area contributed by atoms with Crippen LogP contribution in [0.25, 0.3) is 17.2 Å². The van der Waals surface area contributed by atoms with E-state index < -0.39 is 30.7 Å². The Hall–Kier alpha value is -3.91. The van der Waals surface area contributed by atoms with Crippen LogP contribution >= 0.6 is 11.6 Å². The number of hydrogen-bond acceptors (Lipinski definition) is 7. The van der Waals surface area contributed by atoms with Gasteiger partial charge in [0.15, 0.2) is 29.4 Å². The Morgan fingerprint density at radius 2 is 1.87 bits per heavy atom. The van der Waals surface area contributed by atoms with E-state index in [2.05, 4.69) is 20.2 Å². The number of carbonyl (C=O) groups is 1. The van der Waals surface area contributed by atoms with Gasteiger partial charge in [0.1, 0.15) is 19.0 Å². The SMILES string of the molecule is O=C(C[C@@H]1C[C@H]1F)c1cccnc1-n1cnc(Cn2nc(-c3ccc(Cl)cc3)n(C[C@H](O)C(F)(F)F)c2=O)n1. The second-order valence-electron chi connectivity index (χ2n) is 9.06. The summed E-state index contributed by atoms with van der Waals surface area (Å²) in [7, 11) is 0. The molecule has 0 radical (unpaired) electrons. The molecule has 3 heterocycles. The first-order valence-corrected chi connectivity index (χ1v) is 12.1. The van der Waals surface area contributed by atoms with Crippen LogP contribution < -0.4 is 5.69 Å². The molecule has 5 rings (SSSR count). The number of aliphatic hydroxyl groups excluding tert-OH is 1. The van der Waals surface area contributed by atoms with Crippen LogP contribution in [0.5, 0.6) is 0 Å². The molecular weight excluding hydrogens is 546 g/mol. The number of hydrogen-bond donors (Lipinski definition) is 1. The fourth-order valence-electron chi connectivity index (χ4n) is 3.97. The Labute approximate surface area is 222 Å². The zero-order valence-corrected chi connectivity index (χ0v) is 20.7. The lowest BCUT2D eigenvalue weighted by atomic mass is 10.1. The number of nitrogens with zero attached hydrogens (tertiary/aromatic N) is 7. The van der Waals surface area contributed by atoms with Crippen molar-refractivity contribution >= 4 is 17.4 Å². The third-order valence-corrected chi connectivity index (χ3v) is 6.43. The molecule has 1 aromatic carbocycles. The lowest BCUT2D eigenvalue weighted by Gasteiger charge is -2.15. The van der Waals surface area contributed by atoms with Crippen molar-refractivity contribution in [3.63, 3.8) is 0 Å². The van der Waals surface area contributed by atoms with Crippen molar-refractivity contribution in [1.82, 2.24) is 34.1 Å². The summed E-state index contributed by atoms with van der Waals surface area (Å²) in [5, 5.41) is 18.4. The molecule has 204 valence electrons. The minimum Gasteiger partial charge on any atom is -0.382 e. The number of ketones is 1. The summed E-state index contributed by atoms with van der Waals surface area (Å²) >= 11 is 5.90. The van der Waals surface area contributed by atoms with Crippen LogP contribution in [-0.4, -0.2) is 63.4 Å². The van der Waals surface area contributed by atoms with Crippen LogP contribution in [0.2, 0.25) is 5.02 Å². The largest absolute Gasteiger partial charge is 0.416 e. The van der Waals surface area contributed by atoms with Gasteiger partial charge in [-0.05, 0) is 42.8 Å². The molecule has 0 amide bonds. The molecule has 0 aliphatic heterocycles. The lowest BCUT2D eigenvalue weighted by molar-refractivity contribution is -0.207. The highest BCUT2D eigenvalue weighted by Crippen LogP contribution is 2.37. The van der Waals surface area contributed by atoms with E-state index in [1.54, 1.807) is 6.07 Å². The van der Waals surface area contributed by atoms with Gasteiger partial charge in [-0.3, -0.25) is 9.36 Å². The van der Waals surface area contributed by atoms with Gasteiger partial charge >= 0.3 is 11.9 Å². The van der Waals surface area contributed by atoms with Gasteiger partial charge in [-0.15, -0.1) is 10.2 Å². The minimum absolute atomic E-state index is 0.0332.